The van der Waals surface area contributed by atoms with Crippen molar-refractivity contribution < 1.29 is 18.0 Å². The summed E-state index contributed by atoms with van der Waals surface area (Å²) in [7, 11) is 0. The molecule has 0 saturated heterocycles. The molecule has 0 aliphatic heterocycles. The van der Waals surface area contributed by atoms with Gasteiger partial charge in [0.2, 0.25) is 5.91 Å². The molecule has 2 heterocycles. The van der Waals surface area contributed by atoms with Crippen molar-refractivity contribution in [1.29, 1.82) is 0 Å². The van der Waals surface area contributed by atoms with Crippen LogP contribution in [0.15, 0.2) is 29.3 Å². The maximum absolute atomic E-state index is 13.1. The Morgan fingerprint density at radius 3 is 2.55 bits per heavy atom. The molecule has 3 rings (SSSR count). The van der Waals surface area contributed by atoms with Gasteiger partial charge in [0.15, 0.2) is 0 Å². The summed E-state index contributed by atoms with van der Waals surface area (Å²) in [5, 5.41) is 3.96. The van der Waals surface area contributed by atoms with Gasteiger partial charge in [-0.3, -0.25) is 4.79 Å². The summed E-state index contributed by atoms with van der Waals surface area (Å²) in [6, 6.07) is 4.94. The molecule has 3 aromatic rings. The van der Waals surface area contributed by atoms with E-state index in [1.54, 1.807) is 11.3 Å². The van der Waals surface area contributed by atoms with E-state index in [9.17, 15) is 18.0 Å². The molecule has 0 aliphatic carbocycles. The van der Waals surface area contributed by atoms with E-state index in [0.29, 0.717) is 10.9 Å². The van der Waals surface area contributed by atoms with Gasteiger partial charge in [-0.2, -0.15) is 13.2 Å². The van der Waals surface area contributed by atoms with Crippen molar-refractivity contribution in [2.45, 2.75) is 44.8 Å². The third-order valence-electron chi connectivity index (χ3n) is 4.38. The number of anilines is 1. The first-order valence-electron chi connectivity index (χ1n) is 8.94. The molecule has 0 unspecified atom stereocenters. The zero-order valence-corrected chi connectivity index (χ0v) is 18.0. The normalized spacial score (nSPS) is 12.0. The van der Waals surface area contributed by atoms with E-state index >= 15 is 0 Å². The van der Waals surface area contributed by atoms with Crippen molar-refractivity contribution in [2.75, 3.05) is 11.1 Å². The molecule has 154 valence electrons. The average Bonchev–Trinajstić information content (AvgIpc) is 2.93. The lowest BCUT2D eigenvalue weighted by atomic mass is 10.1. The van der Waals surface area contributed by atoms with Gasteiger partial charge in [-0.15, -0.1) is 11.3 Å². The van der Waals surface area contributed by atoms with Gasteiger partial charge in [-0.1, -0.05) is 37.7 Å². The largest absolute Gasteiger partial charge is 0.418 e. The number of aryl methyl sites for hydroxylation is 2. The standard InChI is InChI=1S/C20H20F3N3OS2/c1-10(2)17-25-18(16-11(3)12(4)29-19(16)26-17)28-9-15(27)24-14-8-6-5-7-13(14)20(21,22)23/h5-8,10H,9H2,1-4H3,(H,24,27). The highest BCUT2D eigenvalue weighted by Gasteiger charge is 2.33. The fourth-order valence-corrected chi connectivity index (χ4v) is 4.74. The molecule has 0 radical (unpaired) electrons. The lowest BCUT2D eigenvalue weighted by molar-refractivity contribution is -0.137. The predicted molar refractivity (Wildman–Crippen MR) is 112 cm³/mol. The van der Waals surface area contributed by atoms with E-state index in [0.717, 1.165) is 26.7 Å². The third kappa shape index (κ3) is 4.72. The predicted octanol–water partition coefficient (Wildman–Crippen LogP) is 6.18. The summed E-state index contributed by atoms with van der Waals surface area (Å²) in [6.45, 7) is 7.97. The van der Waals surface area contributed by atoms with Gasteiger partial charge >= 0.3 is 6.18 Å². The van der Waals surface area contributed by atoms with Crippen LogP contribution < -0.4 is 5.32 Å². The van der Waals surface area contributed by atoms with Crippen LogP contribution in [0.1, 0.15) is 41.6 Å². The van der Waals surface area contributed by atoms with Gasteiger partial charge in [-0.05, 0) is 31.5 Å². The molecule has 4 nitrogen and oxygen atoms in total. The van der Waals surface area contributed by atoms with Crippen LogP contribution in [0, 0.1) is 13.8 Å². The van der Waals surface area contributed by atoms with Gasteiger partial charge in [0, 0.05) is 16.2 Å². The number of carbonyl (C=O) groups excluding carboxylic acids is 1. The minimum Gasteiger partial charge on any atom is -0.325 e. The molecule has 1 aromatic carbocycles. The fourth-order valence-electron chi connectivity index (χ4n) is 2.75. The van der Waals surface area contributed by atoms with Crippen LogP contribution in [0.25, 0.3) is 10.2 Å². The molecule has 1 N–H and O–H groups in total. The van der Waals surface area contributed by atoms with Crippen LogP contribution in [0.4, 0.5) is 18.9 Å². The summed E-state index contributed by atoms with van der Waals surface area (Å²) < 4.78 is 39.4. The van der Waals surface area contributed by atoms with Crippen molar-refractivity contribution in [2.24, 2.45) is 0 Å². The second-order valence-electron chi connectivity index (χ2n) is 6.89. The second kappa shape index (κ2) is 8.31. The van der Waals surface area contributed by atoms with Crippen LogP contribution in [0.5, 0.6) is 0 Å². The fraction of sp³-hybridized carbons (Fsp3) is 0.350. The highest BCUT2D eigenvalue weighted by atomic mass is 32.2. The second-order valence-corrected chi connectivity index (χ2v) is 9.05. The number of hydrogen-bond acceptors (Lipinski definition) is 5. The van der Waals surface area contributed by atoms with Crippen molar-refractivity contribution in [1.82, 2.24) is 9.97 Å². The van der Waals surface area contributed by atoms with Gasteiger partial charge in [0.1, 0.15) is 15.7 Å². The Morgan fingerprint density at radius 1 is 1.21 bits per heavy atom. The molecule has 2 aromatic heterocycles. The molecular formula is C20H20F3N3OS2. The number of halogens is 3. The van der Waals surface area contributed by atoms with E-state index in [2.05, 4.69) is 15.3 Å². The Labute approximate surface area is 175 Å². The molecule has 29 heavy (non-hydrogen) atoms. The Morgan fingerprint density at radius 2 is 1.90 bits per heavy atom. The van der Waals surface area contributed by atoms with E-state index < -0.39 is 17.6 Å². The van der Waals surface area contributed by atoms with Crippen LogP contribution in [0.3, 0.4) is 0 Å². The first-order valence-corrected chi connectivity index (χ1v) is 10.7. The summed E-state index contributed by atoms with van der Waals surface area (Å²) in [5.41, 5.74) is -0.0522. The highest BCUT2D eigenvalue weighted by Crippen LogP contribution is 2.37. The van der Waals surface area contributed by atoms with Crippen LogP contribution in [-0.4, -0.2) is 21.6 Å². The zero-order chi connectivity index (χ0) is 21.3. The average molecular weight is 440 g/mol. The highest BCUT2D eigenvalue weighted by molar-refractivity contribution is 8.00. The SMILES string of the molecule is Cc1sc2nc(C(C)C)nc(SCC(=O)Nc3ccccc3C(F)(F)F)c2c1C. The molecule has 1 amide bonds. The lowest BCUT2D eigenvalue weighted by Gasteiger charge is -2.13. The topological polar surface area (TPSA) is 54.9 Å². The number of rotatable bonds is 5. The number of benzene rings is 1. The number of nitrogens with one attached hydrogen (secondary N) is 1. The monoisotopic (exact) mass is 439 g/mol. The van der Waals surface area contributed by atoms with Crippen LogP contribution in [-0.2, 0) is 11.0 Å². The van der Waals surface area contributed by atoms with Gasteiger partial charge in [-0.25, -0.2) is 9.97 Å². The zero-order valence-electron chi connectivity index (χ0n) is 16.3. The minimum absolute atomic E-state index is 0.0514. The number of alkyl halides is 3. The molecule has 0 fully saturated rings. The number of amides is 1. The number of aromatic nitrogens is 2. The van der Waals surface area contributed by atoms with Crippen LogP contribution in [0.2, 0.25) is 0 Å². The summed E-state index contributed by atoms with van der Waals surface area (Å²) in [4.78, 5) is 23.6. The molecule has 9 heteroatoms. The molecule has 0 saturated carbocycles. The first-order chi connectivity index (χ1) is 13.6. The molecule has 0 atom stereocenters. The van der Waals surface area contributed by atoms with E-state index in [1.807, 2.05) is 27.7 Å². The van der Waals surface area contributed by atoms with Crippen molar-refractivity contribution in [3.8, 4) is 0 Å². The molecular weight excluding hydrogens is 419 g/mol. The van der Waals surface area contributed by atoms with Crippen LogP contribution >= 0.6 is 23.1 Å². The lowest BCUT2D eigenvalue weighted by Crippen LogP contribution is -2.18. The summed E-state index contributed by atoms with van der Waals surface area (Å²) >= 11 is 2.79. The van der Waals surface area contributed by atoms with E-state index in [1.165, 1.54) is 30.0 Å². The smallest absolute Gasteiger partial charge is 0.325 e. The molecule has 0 bridgehead atoms. The maximum atomic E-state index is 13.1. The van der Waals surface area contributed by atoms with E-state index in [-0.39, 0.29) is 17.4 Å². The van der Waals surface area contributed by atoms with Crippen molar-refractivity contribution >= 4 is 44.9 Å². The Kier molecular flexibility index (Phi) is 6.19. The molecule has 0 spiro atoms. The number of nitrogens with zero attached hydrogens (tertiary/aromatic N) is 2. The van der Waals surface area contributed by atoms with E-state index in [4.69, 9.17) is 0 Å². The third-order valence-corrected chi connectivity index (χ3v) is 6.45. The summed E-state index contributed by atoms with van der Waals surface area (Å²) in [6.07, 6.45) is -4.53. The number of thiophene rings is 1. The minimum atomic E-state index is -4.53. The number of carbonyl (C=O) groups is 1. The Hall–Kier alpha value is -2.13. The Balaban J connectivity index is 1.83. The first kappa shape index (κ1) is 21.6. The Bertz CT molecular complexity index is 1060. The molecule has 0 aliphatic rings. The number of fused-ring (bicyclic) bond motifs is 1. The number of thioether (sulfide) groups is 1. The quantitative estimate of drug-likeness (QED) is 0.381. The number of hydrogen-bond donors (Lipinski definition) is 1. The van der Waals surface area contributed by atoms with Gasteiger partial charge < -0.3 is 5.32 Å². The van der Waals surface area contributed by atoms with Crippen molar-refractivity contribution in [3.05, 3.63) is 46.1 Å². The van der Waals surface area contributed by atoms with Gasteiger partial charge in [0.25, 0.3) is 0 Å². The van der Waals surface area contributed by atoms with Crippen molar-refractivity contribution in [3.63, 3.8) is 0 Å². The summed E-state index contributed by atoms with van der Waals surface area (Å²) in [5.74, 6) is 0.233. The van der Waals surface area contributed by atoms with Gasteiger partial charge in [0.05, 0.1) is 17.0 Å². The maximum Gasteiger partial charge on any atom is 0.418 e. The number of para-hydroxylation sites is 1.